The first-order chi connectivity index (χ1) is 71.8. The zero-order valence-corrected chi connectivity index (χ0v) is 80.1. The molecule has 8 heterocycles. The number of para-hydroxylation sites is 6. The van der Waals surface area contributed by atoms with E-state index in [0.29, 0.717) is 0 Å². The van der Waals surface area contributed by atoms with E-state index in [2.05, 4.69) is 477 Å². The normalized spacial score (nSPS) is 13.3. The van der Waals surface area contributed by atoms with E-state index in [0.717, 1.165) is 216 Å². The van der Waals surface area contributed by atoms with Crippen molar-refractivity contribution in [1.82, 2.24) is 18.3 Å². The molecule has 0 saturated carbocycles. The summed E-state index contributed by atoms with van der Waals surface area (Å²) in [6.07, 6.45) is 0. The summed E-state index contributed by atoms with van der Waals surface area (Å²) in [7, 11) is 0. The maximum absolute atomic E-state index is 6.91. The monoisotopic (exact) mass is 1860 g/mol. The summed E-state index contributed by atoms with van der Waals surface area (Å²) in [6, 6.07) is 166. The van der Waals surface area contributed by atoms with Crippen LogP contribution in [0.5, 0.6) is 0 Å². The molecule has 0 saturated heterocycles. The number of rotatable bonds is 11. The van der Waals surface area contributed by atoms with Crippen LogP contribution in [0, 0.1) is 0 Å². The van der Waals surface area contributed by atoms with E-state index >= 15 is 0 Å². The topological polar surface area (TPSA) is 72.3 Å². The Labute approximate surface area is 837 Å². The second-order valence-electron chi connectivity index (χ2n) is 41.2. The molecule has 22 aromatic carbocycles. The van der Waals surface area contributed by atoms with Crippen LogP contribution in [-0.2, 0) is 10.8 Å². The van der Waals surface area contributed by atoms with E-state index in [1.54, 1.807) is 0 Å². The van der Waals surface area contributed by atoms with E-state index in [4.69, 9.17) is 17.7 Å². The third-order valence-electron chi connectivity index (χ3n) is 32.8. The third kappa shape index (κ3) is 11.5. The van der Waals surface area contributed by atoms with Gasteiger partial charge in [0.1, 0.15) is 44.7 Å². The summed E-state index contributed by atoms with van der Waals surface area (Å²) in [4.78, 5) is 0. The minimum absolute atomic E-state index is 0.150. The molecule has 0 spiro atoms. The van der Waals surface area contributed by atoms with Crippen molar-refractivity contribution < 1.29 is 17.7 Å². The van der Waals surface area contributed by atoms with Crippen LogP contribution >= 0.6 is 0 Å². The highest BCUT2D eigenvalue weighted by Crippen LogP contribution is 2.57. The van der Waals surface area contributed by atoms with E-state index in [9.17, 15) is 0 Å². The van der Waals surface area contributed by atoms with Gasteiger partial charge in [-0.15, -0.1) is 0 Å². The first-order valence-electron chi connectivity index (χ1n) is 50.5. The Balaban J connectivity index is 0.503. The van der Waals surface area contributed by atoms with Crippen LogP contribution in [0.4, 0.5) is 0 Å². The van der Waals surface area contributed by atoms with Crippen LogP contribution < -0.4 is 0 Å². The largest absolute Gasteiger partial charge is 0.456 e. The molecule has 0 fully saturated rings. The molecule has 0 radical (unpaired) electrons. The van der Waals surface area contributed by atoms with E-state index in [1.807, 2.05) is 18.2 Å². The molecule has 0 unspecified atom stereocenters. The molecule has 2 aliphatic carbocycles. The summed E-state index contributed by atoms with van der Waals surface area (Å²) in [6.45, 7) is 9.59. The quantitative estimate of drug-likeness (QED) is 0.129. The number of hydrogen-bond donors (Lipinski definition) is 0. The Bertz CT molecular complexity index is 11000. The first-order valence-corrected chi connectivity index (χ1v) is 50.5. The van der Waals surface area contributed by atoms with Crippen LogP contribution in [0.2, 0.25) is 0 Å². The molecule has 146 heavy (non-hydrogen) atoms. The Morgan fingerprint density at radius 2 is 0.452 bits per heavy atom. The van der Waals surface area contributed by atoms with Crippen molar-refractivity contribution >= 4 is 175 Å². The lowest BCUT2D eigenvalue weighted by Gasteiger charge is -2.22. The Hall–Kier alpha value is -18.8. The van der Waals surface area contributed by atoms with Crippen LogP contribution in [0.1, 0.15) is 49.9 Å². The molecule has 8 nitrogen and oxygen atoms in total. The van der Waals surface area contributed by atoms with Gasteiger partial charge in [0, 0.05) is 125 Å². The molecule has 682 valence electrons. The van der Waals surface area contributed by atoms with Crippen LogP contribution in [0.25, 0.3) is 298 Å². The number of hydrogen-bond acceptors (Lipinski definition) is 4. The molecule has 0 atom stereocenters. The minimum Gasteiger partial charge on any atom is -0.456 e. The molecule has 0 aliphatic heterocycles. The fourth-order valence-corrected chi connectivity index (χ4v) is 25.8. The average molecular weight is 1860 g/mol. The van der Waals surface area contributed by atoms with Gasteiger partial charge in [0.05, 0.1) is 44.1 Å². The fraction of sp³-hybridized carbons (Fsp3) is 0.0435. The van der Waals surface area contributed by atoms with Crippen molar-refractivity contribution in [2.75, 3.05) is 0 Å². The SMILES string of the molecule is CC1(C)c2ccccc2-c2cc3c4cc(-c5cccc6oc7ccc(-c8ccc9c(c8)c8cc(-c%10ccc%11c(c%10)C(C)(C)c%10cc%12c(cc%10-%11)c%10cc(-c%11cccc%13oc%14ccc(-c%15ccc%16c(c%15)c%15ccccc%15n%16-c%15ccc(-c%16cccc%17c%16oc%16ccccc%16%17)cc%15)cc%14c%11%13)ccc%10n%12-c%10ccccc%10)ccc8n9-c8ccc(-c9cccc%10oc%11ccccc%11c9%10)cc8)cc7c56)ccc4n(-c4ccccc4)c3cc21. The van der Waals surface area contributed by atoms with Gasteiger partial charge in [0.2, 0.25) is 0 Å². The lowest BCUT2D eigenvalue weighted by molar-refractivity contribution is 0.661. The van der Waals surface area contributed by atoms with Gasteiger partial charge in [-0.05, 0) is 317 Å². The van der Waals surface area contributed by atoms with Crippen LogP contribution in [0.3, 0.4) is 0 Å². The zero-order valence-electron chi connectivity index (χ0n) is 80.1. The smallest absolute Gasteiger partial charge is 0.143 e. The summed E-state index contributed by atoms with van der Waals surface area (Å²) in [5.74, 6) is 0. The van der Waals surface area contributed by atoms with Gasteiger partial charge in [-0.3, -0.25) is 0 Å². The van der Waals surface area contributed by atoms with E-state index < -0.39 is 0 Å². The number of aromatic nitrogens is 4. The Kier molecular flexibility index (Phi) is 16.6. The first kappa shape index (κ1) is 81.0. The van der Waals surface area contributed by atoms with E-state index in [1.165, 1.54) is 104 Å². The summed E-state index contributed by atoms with van der Waals surface area (Å²) in [5.41, 5.74) is 46.4. The predicted octanol–water partition coefficient (Wildman–Crippen LogP) is 38.0. The number of benzene rings is 22. The molecule has 32 rings (SSSR count). The van der Waals surface area contributed by atoms with Gasteiger partial charge in [-0.2, -0.15) is 0 Å². The molecule has 30 aromatic rings. The van der Waals surface area contributed by atoms with Crippen molar-refractivity contribution in [2.45, 2.75) is 38.5 Å². The van der Waals surface area contributed by atoms with Crippen molar-refractivity contribution in [1.29, 1.82) is 0 Å². The van der Waals surface area contributed by atoms with Gasteiger partial charge < -0.3 is 35.9 Å². The lowest BCUT2D eigenvalue weighted by Crippen LogP contribution is -2.15. The maximum atomic E-state index is 6.91. The second kappa shape index (κ2) is 29.9. The fourth-order valence-electron chi connectivity index (χ4n) is 25.8. The molecule has 8 aromatic heterocycles. The number of fused-ring (bicyclic) bond motifs is 30. The molecule has 2 aliphatic rings. The Morgan fingerprint density at radius 1 is 0.151 bits per heavy atom. The number of nitrogens with zero attached hydrogens (tertiary/aromatic N) is 4. The summed E-state index contributed by atoms with van der Waals surface area (Å²) in [5, 5.41) is 18.4. The van der Waals surface area contributed by atoms with Gasteiger partial charge in [-0.25, -0.2) is 0 Å². The zero-order chi connectivity index (χ0) is 96.0. The van der Waals surface area contributed by atoms with Crippen molar-refractivity contribution in [3.8, 4) is 123 Å². The highest BCUT2D eigenvalue weighted by molar-refractivity contribution is 6.22. The molecule has 0 bridgehead atoms. The summed E-state index contributed by atoms with van der Waals surface area (Å²) < 4.78 is 36.5. The Morgan fingerprint density at radius 3 is 0.973 bits per heavy atom. The van der Waals surface area contributed by atoms with Crippen LogP contribution in [-0.4, -0.2) is 18.3 Å². The summed E-state index contributed by atoms with van der Waals surface area (Å²) >= 11 is 0. The van der Waals surface area contributed by atoms with Crippen molar-refractivity contribution in [3.05, 3.63) is 471 Å². The molecular formula is C138H86N4O4. The molecular weight excluding hydrogens is 1780 g/mol. The maximum Gasteiger partial charge on any atom is 0.143 e. The highest BCUT2D eigenvalue weighted by Gasteiger charge is 2.40. The predicted molar refractivity (Wildman–Crippen MR) is 606 cm³/mol. The van der Waals surface area contributed by atoms with Gasteiger partial charge in [-0.1, -0.05) is 276 Å². The molecule has 0 amide bonds. The van der Waals surface area contributed by atoms with Gasteiger partial charge in [0.25, 0.3) is 0 Å². The lowest BCUT2D eigenvalue weighted by atomic mass is 9.81. The second-order valence-corrected chi connectivity index (χ2v) is 41.2. The molecule has 0 N–H and O–H groups in total. The standard InChI is InChI=1S/C138H86N4O4/c1-137(2)114-36-15-11-27-97(114)103-75-110-108-72-87(51-63-122(108)141(124(110)77-116(103)137)89-23-7-5-8-24-89)94-32-21-42-132-135(94)113-71-85(54-66-129(113)145-132)82-49-61-120-106(68-82)107-69-83(50-62-121(107)140(120)92-55-43-79(44-56-92)93-31-20-40-130-133(93)102-30-14-18-39-127(102)143-130)86-47-59-98-104-76-111-109-73-88(52-64-123(109)142(90-25-9-6-10-26-90)125(111)78-117(104)138(3,4)115(98)74-86)95-33-22-41-131-134(95)112-70-84(53-65-128(112)144-131)81-48-60-119-105(67-81)99-28-12-16-37-118(99)139(119)91-57-45-80(46-58-91)96-34-19-35-101-100-29-13-17-38-126(100)146-136(96)101/h5-78H,1-4H3. The highest BCUT2D eigenvalue weighted by atomic mass is 16.3. The van der Waals surface area contributed by atoms with Crippen molar-refractivity contribution in [3.63, 3.8) is 0 Å². The van der Waals surface area contributed by atoms with E-state index in [-0.39, 0.29) is 10.8 Å². The van der Waals surface area contributed by atoms with Crippen LogP contribution in [0.15, 0.2) is 467 Å². The van der Waals surface area contributed by atoms with Crippen molar-refractivity contribution in [2.24, 2.45) is 0 Å². The third-order valence-corrected chi connectivity index (χ3v) is 32.8. The van der Waals surface area contributed by atoms with Gasteiger partial charge >= 0.3 is 0 Å². The minimum atomic E-state index is -0.370. The van der Waals surface area contributed by atoms with Gasteiger partial charge in [0.15, 0.2) is 0 Å². The average Bonchev–Trinajstić information content (AvgIpc) is 1.54. The molecule has 8 heteroatoms. The number of furan rings is 4.